The molecule has 104 valence electrons. The minimum absolute atomic E-state index is 0.349. The number of hydrogen-bond donors (Lipinski definition) is 2. The van der Waals surface area contributed by atoms with Gasteiger partial charge in [-0.05, 0) is 37.4 Å². The molecule has 1 aromatic rings. The first kappa shape index (κ1) is 13.8. The summed E-state index contributed by atoms with van der Waals surface area (Å²) in [6.07, 6.45) is 0.895. The van der Waals surface area contributed by atoms with Gasteiger partial charge in [-0.15, -0.1) is 0 Å². The van der Waals surface area contributed by atoms with Crippen molar-refractivity contribution in [1.82, 2.24) is 10.2 Å². The number of fused-ring (bicyclic) bond motifs is 1. The molecule has 0 aliphatic carbocycles. The molecule has 0 spiro atoms. The Balaban J connectivity index is 2.08. The molecular formula is C14H21N3O2. The molecule has 19 heavy (non-hydrogen) atoms. The molecule has 1 aromatic carbocycles. The summed E-state index contributed by atoms with van der Waals surface area (Å²) in [5.74, 6) is 0.567. The summed E-state index contributed by atoms with van der Waals surface area (Å²) in [5, 5.41) is 3.20. The number of benzene rings is 1. The number of nitrogens with two attached hydrogens (primary N) is 1. The van der Waals surface area contributed by atoms with Crippen LogP contribution >= 0.6 is 0 Å². The van der Waals surface area contributed by atoms with Crippen molar-refractivity contribution in [2.24, 2.45) is 5.73 Å². The standard InChI is InChI=1S/C14H21N3O2/c1-17(2)7-6-16-13(14(15)18)11-3-4-12-10(9-11)5-8-19-12/h3-4,9,13,16H,5-8H2,1-2H3,(H2,15,18). The number of carbonyl (C=O) groups is 1. The van der Waals surface area contributed by atoms with E-state index in [1.165, 1.54) is 0 Å². The predicted octanol–water partition coefficient (Wildman–Crippen LogP) is 0.299. The number of amides is 1. The molecule has 1 heterocycles. The summed E-state index contributed by atoms with van der Waals surface area (Å²) < 4.78 is 5.46. The van der Waals surface area contributed by atoms with Crippen LogP contribution in [0.15, 0.2) is 18.2 Å². The molecule has 3 N–H and O–H groups in total. The van der Waals surface area contributed by atoms with Gasteiger partial charge < -0.3 is 20.7 Å². The van der Waals surface area contributed by atoms with Crippen LogP contribution in [-0.4, -0.2) is 44.6 Å². The molecule has 1 unspecified atom stereocenters. The minimum atomic E-state index is -0.439. The van der Waals surface area contributed by atoms with Crippen molar-refractivity contribution in [3.8, 4) is 5.75 Å². The number of hydrogen-bond acceptors (Lipinski definition) is 4. The Morgan fingerprint density at radius 1 is 1.53 bits per heavy atom. The topological polar surface area (TPSA) is 67.6 Å². The SMILES string of the molecule is CN(C)CCNC(C(N)=O)c1ccc2c(c1)CCO2. The van der Waals surface area contributed by atoms with E-state index in [4.69, 9.17) is 10.5 Å². The van der Waals surface area contributed by atoms with Gasteiger partial charge in [0.2, 0.25) is 5.91 Å². The number of likely N-dealkylation sites (N-methyl/N-ethyl adjacent to an activating group) is 1. The Morgan fingerprint density at radius 2 is 2.32 bits per heavy atom. The van der Waals surface area contributed by atoms with Crippen LogP contribution in [0.2, 0.25) is 0 Å². The average Bonchev–Trinajstić information content (AvgIpc) is 2.80. The van der Waals surface area contributed by atoms with Crippen molar-refractivity contribution in [1.29, 1.82) is 0 Å². The molecule has 0 aromatic heterocycles. The molecule has 0 radical (unpaired) electrons. The highest BCUT2D eigenvalue weighted by molar-refractivity contribution is 5.81. The van der Waals surface area contributed by atoms with Gasteiger partial charge >= 0.3 is 0 Å². The summed E-state index contributed by atoms with van der Waals surface area (Å²) in [4.78, 5) is 13.6. The Bertz CT molecular complexity index is 460. The molecule has 5 heteroatoms. The van der Waals surface area contributed by atoms with E-state index in [9.17, 15) is 4.79 Å². The van der Waals surface area contributed by atoms with E-state index in [0.29, 0.717) is 13.2 Å². The van der Waals surface area contributed by atoms with Gasteiger partial charge in [-0.3, -0.25) is 4.79 Å². The maximum absolute atomic E-state index is 11.6. The fourth-order valence-electron chi connectivity index (χ4n) is 2.20. The second-order valence-electron chi connectivity index (χ2n) is 5.06. The van der Waals surface area contributed by atoms with Crippen LogP contribution in [0, 0.1) is 0 Å². The highest BCUT2D eigenvalue weighted by atomic mass is 16.5. The lowest BCUT2D eigenvalue weighted by Crippen LogP contribution is -2.37. The van der Waals surface area contributed by atoms with Crippen LogP contribution in [-0.2, 0) is 11.2 Å². The Hall–Kier alpha value is -1.59. The van der Waals surface area contributed by atoms with Gasteiger partial charge in [0.25, 0.3) is 0 Å². The number of nitrogens with one attached hydrogen (secondary N) is 1. The predicted molar refractivity (Wildman–Crippen MR) is 74.1 cm³/mol. The molecular weight excluding hydrogens is 242 g/mol. The van der Waals surface area contributed by atoms with Gasteiger partial charge in [-0.2, -0.15) is 0 Å². The highest BCUT2D eigenvalue weighted by Gasteiger charge is 2.20. The molecule has 0 fully saturated rings. The van der Waals surface area contributed by atoms with Crippen molar-refractivity contribution in [2.45, 2.75) is 12.5 Å². The summed E-state index contributed by atoms with van der Waals surface area (Å²) in [6, 6.07) is 5.40. The Kier molecular flexibility index (Phi) is 4.39. The highest BCUT2D eigenvalue weighted by Crippen LogP contribution is 2.28. The van der Waals surface area contributed by atoms with Crippen molar-refractivity contribution >= 4 is 5.91 Å². The molecule has 0 saturated heterocycles. The number of carbonyl (C=O) groups excluding carboxylic acids is 1. The molecule has 5 nitrogen and oxygen atoms in total. The lowest BCUT2D eigenvalue weighted by Gasteiger charge is -2.18. The summed E-state index contributed by atoms with van der Waals surface area (Å²) in [6.45, 7) is 2.29. The molecule has 1 amide bonds. The van der Waals surface area contributed by atoms with Gasteiger partial charge in [0, 0.05) is 19.5 Å². The van der Waals surface area contributed by atoms with Crippen LogP contribution in [0.4, 0.5) is 0 Å². The molecule has 1 aliphatic heterocycles. The smallest absolute Gasteiger partial charge is 0.239 e. The van der Waals surface area contributed by atoms with E-state index in [-0.39, 0.29) is 5.91 Å². The lowest BCUT2D eigenvalue weighted by molar-refractivity contribution is -0.120. The van der Waals surface area contributed by atoms with E-state index >= 15 is 0 Å². The van der Waals surface area contributed by atoms with Gasteiger partial charge in [-0.25, -0.2) is 0 Å². The third-order valence-electron chi connectivity index (χ3n) is 3.24. The van der Waals surface area contributed by atoms with Gasteiger partial charge in [0.1, 0.15) is 11.8 Å². The molecule has 0 saturated carbocycles. The lowest BCUT2D eigenvalue weighted by atomic mass is 10.0. The maximum Gasteiger partial charge on any atom is 0.239 e. The van der Waals surface area contributed by atoms with Crippen LogP contribution in [0.3, 0.4) is 0 Å². The molecule has 1 atom stereocenters. The first-order valence-electron chi connectivity index (χ1n) is 6.51. The fourth-order valence-corrected chi connectivity index (χ4v) is 2.20. The second-order valence-corrected chi connectivity index (χ2v) is 5.06. The third-order valence-corrected chi connectivity index (χ3v) is 3.24. The first-order valence-corrected chi connectivity index (χ1v) is 6.51. The van der Waals surface area contributed by atoms with E-state index in [0.717, 1.165) is 29.8 Å². The van der Waals surface area contributed by atoms with Gasteiger partial charge in [-0.1, -0.05) is 6.07 Å². The van der Waals surface area contributed by atoms with Crippen molar-refractivity contribution < 1.29 is 9.53 Å². The monoisotopic (exact) mass is 263 g/mol. The number of primary amides is 1. The summed E-state index contributed by atoms with van der Waals surface area (Å²) in [7, 11) is 3.99. The average molecular weight is 263 g/mol. The first-order chi connectivity index (χ1) is 9.08. The normalized spacial score (nSPS) is 15.1. The minimum Gasteiger partial charge on any atom is -0.493 e. The Labute approximate surface area is 113 Å². The third kappa shape index (κ3) is 3.45. The number of ether oxygens (including phenoxy) is 1. The zero-order valence-electron chi connectivity index (χ0n) is 11.5. The van der Waals surface area contributed by atoms with E-state index < -0.39 is 6.04 Å². The zero-order valence-corrected chi connectivity index (χ0v) is 11.5. The van der Waals surface area contributed by atoms with Crippen LogP contribution in [0.1, 0.15) is 17.2 Å². The summed E-state index contributed by atoms with van der Waals surface area (Å²) >= 11 is 0. The van der Waals surface area contributed by atoms with Crippen molar-refractivity contribution in [2.75, 3.05) is 33.8 Å². The quantitative estimate of drug-likeness (QED) is 0.774. The number of nitrogens with zero attached hydrogens (tertiary/aromatic N) is 1. The van der Waals surface area contributed by atoms with E-state index in [2.05, 4.69) is 10.2 Å². The summed E-state index contributed by atoms with van der Waals surface area (Å²) in [5.41, 5.74) is 7.55. The second kappa shape index (κ2) is 6.04. The van der Waals surface area contributed by atoms with Gasteiger partial charge in [0.05, 0.1) is 6.61 Å². The molecule has 0 bridgehead atoms. The van der Waals surface area contributed by atoms with Crippen LogP contribution in [0.25, 0.3) is 0 Å². The van der Waals surface area contributed by atoms with E-state index in [1.54, 1.807) is 0 Å². The van der Waals surface area contributed by atoms with Crippen molar-refractivity contribution in [3.63, 3.8) is 0 Å². The van der Waals surface area contributed by atoms with E-state index in [1.807, 2.05) is 32.3 Å². The van der Waals surface area contributed by atoms with Crippen LogP contribution < -0.4 is 15.8 Å². The van der Waals surface area contributed by atoms with Crippen LogP contribution in [0.5, 0.6) is 5.75 Å². The largest absolute Gasteiger partial charge is 0.493 e. The maximum atomic E-state index is 11.6. The zero-order chi connectivity index (χ0) is 13.8. The van der Waals surface area contributed by atoms with Crippen molar-refractivity contribution in [3.05, 3.63) is 29.3 Å². The van der Waals surface area contributed by atoms with Gasteiger partial charge in [0.15, 0.2) is 0 Å². The number of rotatable bonds is 6. The Morgan fingerprint density at radius 3 is 3.00 bits per heavy atom. The fraction of sp³-hybridized carbons (Fsp3) is 0.500. The molecule has 1 aliphatic rings. The molecule has 2 rings (SSSR count).